The van der Waals surface area contributed by atoms with Gasteiger partial charge in [0.1, 0.15) is 5.76 Å². The first-order valence-electron chi connectivity index (χ1n) is 5.40. The van der Waals surface area contributed by atoms with Gasteiger partial charge >= 0.3 is 0 Å². The molecule has 1 heterocycles. The van der Waals surface area contributed by atoms with Crippen LogP contribution in [-0.2, 0) is 13.0 Å². The average Bonchev–Trinajstić information content (AvgIpc) is 2.63. The molecule has 3 heteroatoms. The van der Waals surface area contributed by atoms with Gasteiger partial charge in [0, 0.05) is 6.42 Å². The third-order valence-corrected chi connectivity index (χ3v) is 2.60. The van der Waals surface area contributed by atoms with Crippen molar-refractivity contribution in [1.29, 1.82) is 0 Å². The van der Waals surface area contributed by atoms with Gasteiger partial charge in [-0.25, -0.2) is 4.98 Å². The van der Waals surface area contributed by atoms with E-state index in [9.17, 15) is 0 Å². The van der Waals surface area contributed by atoms with Gasteiger partial charge in [-0.15, -0.1) is 0 Å². The summed E-state index contributed by atoms with van der Waals surface area (Å²) in [6.07, 6.45) is 0.801. The number of oxazole rings is 1. The van der Waals surface area contributed by atoms with Crippen LogP contribution in [0.15, 0.2) is 28.7 Å². The van der Waals surface area contributed by atoms with Crippen molar-refractivity contribution in [3.8, 4) is 0 Å². The van der Waals surface area contributed by atoms with E-state index in [0.717, 1.165) is 17.9 Å². The predicted octanol–water partition coefficient (Wildman–Crippen LogP) is 2.34. The number of benzene rings is 1. The van der Waals surface area contributed by atoms with Gasteiger partial charge in [-0.05, 0) is 19.4 Å². The largest absolute Gasteiger partial charge is 0.444 e. The maximum Gasteiger partial charge on any atom is 0.208 e. The second-order valence-corrected chi connectivity index (χ2v) is 3.98. The second-order valence-electron chi connectivity index (χ2n) is 3.98. The Morgan fingerprint density at radius 2 is 1.88 bits per heavy atom. The van der Waals surface area contributed by atoms with Gasteiger partial charge < -0.3 is 10.2 Å². The molecule has 0 atom stereocenters. The summed E-state index contributed by atoms with van der Waals surface area (Å²) in [5.74, 6) is 1.47. The van der Waals surface area contributed by atoms with E-state index in [1.165, 1.54) is 11.1 Å². The molecule has 0 aliphatic carbocycles. The van der Waals surface area contributed by atoms with E-state index in [4.69, 9.17) is 10.2 Å². The van der Waals surface area contributed by atoms with Crippen LogP contribution in [0.5, 0.6) is 0 Å². The van der Waals surface area contributed by atoms with Gasteiger partial charge in [0.25, 0.3) is 0 Å². The van der Waals surface area contributed by atoms with Crippen molar-refractivity contribution in [1.82, 2.24) is 4.98 Å². The molecular formula is C13H16N2O. The van der Waals surface area contributed by atoms with Crippen LogP contribution in [0.4, 0.5) is 0 Å². The highest BCUT2D eigenvalue weighted by Crippen LogP contribution is 2.15. The molecule has 3 nitrogen and oxygen atoms in total. The molecule has 0 spiro atoms. The van der Waals surface area contributed by atoms with Gasteiger partial charge in [-0.3, -0.25) is 0 Å². The zero-order chi connectivity index (χ0) is 11.5. The van der Waals surface area contributed by atoms with E-state index < -0.39 is 0 Å². The Bertz CT molecular complexity index is 471. The number of aromatic nitrogens is 1. The molecule has 1 aromatic heterocycles. The van der Waals surface area contributed by atoms with E-state index in [1.54, 1.807) is 0 Å². The van der Waals surface area contributed by atoms with Crippen LogP contribution in [0.3, 0.4) is 0 Å². The van der Waals surface area contributed by atoms with Crippen molar-refractivity contribution < 1.29 is 4.42 Å². The average molecular weight is 216 g/mol. The third kappa shape index (κ3) is 2.31. The van der Waals surface area contributed by atoms with Gasteiger partial charge in [-0.1, -0.05) is 29.8 Å². The molecule has 0 aliphatic rings. The SMILES string of the molecule is Cc1ccc(Cc2nc(CN)oc2C)cc1. The molecule has 84 valence electrons. The van der Waals surface area contributed by atoms with E-state index >= 15 is 0 Å². The number of nitrogens with zero attached hydrogens (tertiary/aromatic N) is 1. The van der Waals surface area contributed by atoms with Crippen molar-refractivity contribution >= 4 is 0 Å². The van der Waals surface area contributed by atoms with Crippen LogP contribution >= 0.6 is 0 Å². The second kappa shape index (κ2) is 4.49. The fourth-order valence-electron chi connectivity index (χ4n) is 1.64. The monoisotopic (exact) mass is 216 g/mol. The Balaban J connectivity index is 2.19. The molecule has 0 saturated heterocycles. The molecular weight excluding hydrogens is 200 g/mol. The lowest BCUT2D eigenvalue weighted by molar-refractivity contribution is 0.473. The zero-order valence-electron chi connectivity index (χ0n) is 9.66. The summed E-state index contributed by atoms with van der Waals surface area (Å²) in [5, 5.41) is 0. The van der Waals surface area contributed by atoms with Crippen LogP contribution in [0, 0.1) is 13.8 Å². The van der Waals surface area contributed by atoms with E-state index in [-0.39, 0.29) is 0 Å². The maximum atomic E-state index is 5.49. The molecule has 1 aromatic carbocycles. The predicted molar refractivity (Wildman–Crippen MR) is 63.1 cm³/mol. The summed E-state index contributed by atoms with van der Waals surface area (Å²) < 4.78 is 5.42. The molecule has 2 N–H and O–H groups in total. The molecule has 2 rings (SSSR count). The summed E-state index contributed by atoms with van der Waals surface area (Å²) in [4.78, 5) is 4.35. The molecule has 0 unspecified atom stereocenters. The quantitative estimate of drug-likeness (QED) is 0.856. The van der Waals surface area contributed by atoms with Crippen molar-refractivity contribution in [3.05, 3.63) is 52.7 Å². The minimum Gasteiger partial charge on any atom is -0.444 e. The topological polar surface area (TPSA) is 52.0 Å². The highest BCUT2D eigenvalue weighted by Gasteiger charge is 2.08. The summed E-state index contributed by atoms with van der Waals surface area (Å²) in [6.45, 7) is 4.36. The number of nitrogens with two attached hydrogens (primary N) is 1. The van der Waals surface area contributed by atoms with Crippen LogP contribution in [0.1, 0.15) is 28.5 Å². The number of hydrogen-bond donors (Lipinski definition) is 1. The Morgan fingerprint density at radius 1 is 1.19 bits per heavy atom. The molecule has 0 amide bonds. The smallest absolute Gasteiger partial charge is 0.208 e. The van der Waals surface area contributed by atoms with Crippen molar-refractivity contribution in [3.63, 3.8) is 0 Å². The van der Waals surface area contributed by atoms with Crippen LogP contribution < -0.4 is 5.73 Å². The van der Waals surface area contributed by atoms with Gasteiger partial charge in [0.2, 0.25) is 5.89 Å². The van der Waals surface area contributed by atoms with Crippen LogP contribution in [0.25, 0.3) is 0 Å². The number of rotatable bonds is 3. The highest BCUT2D eigenvalue weighted by atomic mass is 16.4. The number of hydrogen-bond acceptors (Lipinski definition) is 3. The lowest BCUT2D eigenvalue weighted by Crippen LogP contribution is -1.97. The Morgan fingerprint density at radius 3 is 2.44 bits per heavy atom. The minimum atomic E-state index is 0.356. The summed E-state index contributed by atoms with van der Waals surface area (Å²) in [7, 11) is 0. The third-order valence-electron chi connectivity index (χ3n) is 2.60. The normalized spacial score (nSPS) is 10.7. The lowest BCUT2D eigenvalue weighted by atomic mass is 10.1. The van der Waals surface area contributed by atoms with Gasteiger partial charge in [-0.2, -0.15) is 0 Å². The van der Waals surface area contributed by atoms with E-state index in [1.807, 2.05) is 6.92 Å². The van der Waals surface area contributed by atoms with E-state index in [0.29, 0.717) is 12.4 Å². The highest BCUT2D eigenvalue weighted by molar-refractivity contribution is 5.26. The van der Waals surface area contributed by atoms with Crippen molar-refractivity contribution in [2.45, 2.75) is 26.8 Å². The first-order valence-corrected chi connectivity index (χ1v) is 5.40. The molecule has 0 fully saturated rings. The van der Waals surface area contributed by atoms with Crippen LogP contribution in [-0.4, -0.2) is 4.98 Å². The molecule has 0 radical (unpaired) electrons. The van der Waals surface area contributed by atoms with Crippen molar-refractivity contribution in [2.75, 3.05) is 0 Å². The molecule has 0 aliphatic heterocycles. The minimum absolute atomic E-state index is 0.356. The van der Waals surface area contributed by atoms with Crippen LogP contribution in [0.2, 0.25) is 0 Å². The fraction of sp³-hybridized carbons (Fsp3) is 0.308. The standard InChI is InChI=1S/C13H16N2O/c1-9-3-5-11(6-4-9)7-12-10(2)16-13(8-14)15-12/h3-6H,7-8,14H2,1-2H3. The molecule has 0 bridgehead atoms. The first kappa shape index (κ1) is 10.9. The molecule has 0 saturated carbocycles. The number of aryl methyl sites for hydroxylation is 2. The summed E-state index contributed by atoms with van der Waals surface area (Å²) in [5.41, 5.74) is 8.97. The maximum absolute atomic E-state index is 5.49. The zero-order valence-corrected chi connectivity index (χ0v) is 9.66. The Kier molecular flexibility index (Phi) is 3.06. The lowest BCUT2D eigenvalue weighted by Gasteiger charge is -1.99. The molecule has 2 aromatic rings. The summed E-state index contributed by atoms with van der Waals surface area (Å²) in [6, 6.07) is 8.44. The summed E-state index contributed by atoms with van der Waals surface area (Å²) >= 11 is 0. The van der Waals surface area contributed by atoms with Gasteiger partial charge in [0.15, 0.2) is 0 Å². The Hall–Kier alpha value is -1.61. The van der Waals surface area contributed by atoms with E-state index in [2.05, 4.69) is 36.2 Å². The first-order chi connectivity index (χ1) is 7.69. The Labute approximate surface area is 95.3 Å². The van der Waals surface area contributed by atoms with Gasteiger partial charge in [0.05, 0.1) is 12.2 Å². The van der Waals surface area contributed by atoms with Crippen molar-refractivity contribution in [2.24, 2.45) is 5.73 Å². The molecule has 16 heavy (non-hydrogen) atoms. The fourth-order valence-corrected chi connectivity index (χ4v) is 1.64.